The van der Waals surface area contributed by atoms with Gasteiger partial charge in [-0.15, -0.1) is 0 Å². The number of amides is 2. The maximum absolute atomic E-state index is 13.5. The van der Waals surface area contributed by atoms with Crippen LogP contribution < -0.4 is 9.80 Å². The van der Waals surface area contributed by atoms with E-state index < -0.39 is 0 Å². The molecule has 2 amide bonds. The van der Waals surface area contributed by atoms with E-state index in [0.717, 1.165) is 62.7 Å². The Hall–Kier alpha value is -1.84. The predicted octanol–water partition coefficient (Wildman–Crippen LogP) is 3.99. The molecule has 0 N–H and O–H groups in total. The lowest BCUT2D eigenvalue weighted by atomic mass is 9.53. The number of nitrogens with zero attached hydrogens (tertiary/aromatic N) is 2. The fraction of sp³-hybridized carbons (Fsp3) is 0.619. The number of anilines is 2. The summed E-state index contributed by atoms with van der Waals surface area (Å²) in [5, 5.41) is 0. The van der Waals surface area contributed by atoms with Gasteiger partial charge in [0, 0.05) is 25.9 Å². The number of carbonyl (C=O) groups excluding carboxylic acids is 2. The molecule has 1 spiro atoms. The molecule has 2 atom stereocenters. The molecular formula is C21H28N2O2. The molecule has 0 radical (unpaired) electrons. The number of fused-ring (bicyclic) bond motifs is 1. The van der Waals surface area contributed by atoms with E-state index in [1.807, 2.05) is 48.2 Å². The van der Waals surface area contributed by atoms with E-state index in [0.29, 0.717) is 0 Å². The van der Waals surface area contributed by atoms with Crippen LogP contribution in [0.5, 0.6) is 0 Å². The molecule has 2 fully saturated rings. The van der Waals surface area contributed by atoms with Crippen LogP contribution in [0.15, 0.2) is 24.3 Å². The zero-order chi connectivity index (χ0) is 17.6. The third-order valence-electron chi connectivity index (χ3n) is 7.02. The summed E-state index contributed by atoms with van der Waals surface area (Å²) in [6.45, 7) is 0. The molecule has 1 aromatic carbocycles. The summed E-state index contributed by atoms with van der Waals surface area (Å²) in [6, 6.07) is 7.81. The molecule has 1 heterocycles. The van der Waals surface area contributed by atoms with Gasteiger partial charge in [0.1, 0.15) is 0 Å². The molecule has 4 nitrogen and oxygen atoms in total. The van der Waals surface area contributed by atoms with E-state index >= 15 is 0 Å². The Morgan fingerprint density at radius 3 is 1.68 bits per heavy atom. The van der Waals surface area contributed by atoms with Gasteiger partial charge in [-0.05, 0) is 43.2 Å². The van der Waals surface area contributed by atoms with Gasteiger partial charge in [0.05, 0.1) is 11.4 Å². The van der Waals surface area contributed by atoms with Crippen molar-refractivity contribution in [1.82, 2.24) is 0 Å². The fourth-order valence-electron chi connectivity index (χ4n) is 5.72. The second-order valence-electron chi connectivity index (χ2n) is 8.11. The van der Waals surface area contributed by atoms with Crippen molar-refractivity contribution in [1.29, 1.82) is 0 Å². The lowest BCUT2D eigenvalue weighted by Crippen LogP contribution is -2.53. The van der Waals surface area contributed by atoms with Crippen LogP contribution in [0, 0.1) is 17.3 Å². The normalized spacial score (nSPS) is 32.9. The van der Waals surface area contributed by atoms with Crippen LogP contribution in [-0.2, 0) is 9.59 Å². The van der Waals surface area contributed by atoms with Gasteiger partial charge in [0.15, 0.2) is 0 Å². The summed E-state index contributed by atoms with van der Waals surface area (Å²) in [5.74, 6) is 0.393. The average molecular weight is 340 g/mol. The quantitative estimate of drug-likeness (QED) is 0.716. The highest BCUT2D eigenvalue weighted by atomic mass is 16.2. The second kappa shape index (κ2) is 6.15. The smallest absolute Gasteiger partial charge is 0.230 e. The monoisotopic (exact) mass is 340 g/mol. The second-order valence-corrected chi connectivity index (χ2v) is 8.11. The summed E-state index contributed by atoms with van der Waals surface area (Å²) >= 11 is 0. The molecule has 2 unspecified atom stereocenters. The van der Waals surface area contributed by atoms with Gasteiger partial charge in [-0.2, -0.15) is 0 Å². The Morgan fingerprint density at radius 2 is 1.24 bits per heavy atom. The van der Waals surface area contributed by atoms with Gasteiger partial charge < -0.3 is 9.80 Å². The molecule has 134 valence electrons. The Labute approximate surface area is 150 Å². The van der Waals surface area contributed by atoms with E-state index in [2.05, 4.69) is 0 Å². The molecule has 3 aliphatic rings. The molecule has 4 heteroatoms. The highest BCUT2D eigenvalue weighted by Gasteiger charge is 2.54. The maximum Gasteiger partial charge on any atom is 0.230 e. The van der Waals surface area contributed by atoms with E-state index in [1.54, 1.807) is 0 Å². The number of para-hydroxylation sites is 2. The first-order valence-electron chi connectivity index (χ1n) is 9.70. The van der Waals surface area contributed by atoms with Crippen molar-refractivity contribution >= 4 is 23.2 Å². The van der Waals surface area contributed by atoms with Crippen molar-refractivity contribution in [2.75, 3.05) is 23.9 Å². The fourth-order valence-corrected chi connectivity index (χ4v) is 5.72. The Morgan fingerprint density at radius 1 is 0.800 bits per heavy atom. The maximum atomic E-state index is 13.5. The predicted molar refractivity (Wildman–Crippen MR) is 99.6 cm³/mol. The van der Waals surface area contributed by atoms with E-state index in [4.69, 9.17) is 0 Å². The van der Waals surface area contributed by atoms with E-state index in [1.165, 1.54) is 0 Å². The summed E-state index contributed by atoms with van der Waals surface area (Å²) in [6.07, 6.45) is 8.41. The summed E-state index contributed by atoms with van der Waals surface area (Å²) < 4.78 is 0. The number of hydrogen-bond donors (Lipinski definition) is 0. The minimum absolute atomic E-state index is 0.0138. The molecule has 0 saturated heterocycles. The molecule has 1 aromatic rings. The number of hydrogen-bond acceptors (Lipinski definition) is 2. The van der Waals surface area contributed by atoms with Crippen LogP contribution in [0.1, 0.15) is 51.4 Å². The topological polar surface area (TPSA) is 40.6 Å². The Bertz CT molecular complexity index is 640. The zero-order valence-electron chi connectivity index (χ0n) is 15.3. The molecule has 0 aromatic heterocycles. The summed E-state index contributed by atoms with van der Waals surface area (Å²) in [5.41, 5.74) is 1.57. The lowest BCUT2D eigenvalue weighted by Gasteiger charge is -2.51. The highest BCUT2D eigenvalue weighted by molar-refractivity contribution is 6.05. The van der Waals surface area contributed by atoms with Crippen molar-refractivity contribution < 1.29 is 9.59 Å². The van der Waals surface area contributed by atoms with Gasteiger partial charge in [-0.25, -0.2) is 0 Å². The van der Waals surface area contributed by atoms with Gasteiger partial charge in [-0.1, -0.05) is 37.8 Å². The van der Waals surface area contributed by atoms with Gasteiger partial charge >= 0.3 is 0 Å². The Kier molecular flexibility index (Phi) is 4.09. The number of benzene rings is 1. The molecule has 25 heavy (non-hydrogen) atoms. The van der Waals surface area contributed by atoms with Crippen molar-refractivity contribution in [3.8, 4) is 0 Å². The summed E-state index contributed by atoms with van der Waals surface area (Å²) in [7, 11) is 3.76. The first kappa shape index (κ1) is 16.6. The third-order valence-corrected chi connectivity index (χ3v) is 7.02. The minimum Gasteiger partial charge on any atom is -0.313 e. The SMILES string of the molecule is CN1C(=O)C2CCCCC23CCCCC3C(=O)N(C)c2ccccc21. The molecule has 1 aliphatic heterocycles. The van der Waals surface area contributed by atoms with Crippen LogP contribution in [0.2, 0.25) is 0 Å². The van der Waals surface area contributed by atoms with Crippen LogP contribution in [0.3, 0.4) is 0 Å². The van der Waals surface area contributed by atoms with Gasteiger partial charge in [0.25, 0.3) is 0 Å². The van der Waals surface area contributed by atoms with Crippen molar-refractivity contribution in [2.45, 2.75) is 51.4 Å². The molecule has 4 rings (SSSR count). The number of carbonyl (C=O) groups is 2. The van der Waals surface area contributed by atoms with Crippen LogP contribution in [0.25, 0.3) is 0 Å². The third kappa shape index (κ3) is 2.41. The molecule has 2 saturated carbocycles. The van der Waals surface area contributed by atoms with E-state index in [9.17, 15) is 9.59 Å². The van der Waals surface area contributed by atoms with Crippen LogP contribution >= 0.6 is 0 Å². The number of rotatable bonds is 0. The van der Waals surface area contributed by atoms with Gasteiger partial charge in [-0.3, -0.25) is 9.59 Å². The molecule has 0 bridgehead atoms. The van der Waals surface area contributed by atoms with E-state index in [-0.39, 0.29) is 29.1 Å². The largest absolute Gasteiger partial charge is 0.313 e. The van der Waals surface area contributed by atoms with Crippen LogP contribution in [-0.4, -0.2) is 25.9 Å². The van der Waals surface area contributed by atoms with Crippen molar-refractivity contribution in [2.24, 2.45) is 17.3 Å². The van der Waals surface area contributed by atoms with Gasteiger partial charge in [0.2, 0.25) is 11.8 Å². The van der Waals surface area contributed by atoms with Crippen molar-refractivity contribution in [3.63, 3.8) is 0 Å². The minimum atomic E-state index is -0.130. The standard InChI is InChI=1S/C21H28N2O2/c1-22-17-11-3-4-12-18(17)23(2)20(25)16-10-6-8-14-21(16)13-7-5-9-15(21)19(22)24/h3-4,11-12,15-16H,5-10,13-14H2,1-2H3. The zero-order valence-corrected chi connectivity index (χ0v) is 15.3. The Balaban J connectivity index is 1.90. The van der Waals surface area contributed by atoms with Crippen LogP contribution in [0.4, 0.5) is 11.4 Å². The highest BCUT2D eigenvalue weighted by Crippen LogP contribution is 2.56. The lowest BCUT2D eigenvalue weighted by molar-refractivity contribution is -0.140. The molecule has 2 aliphatic carbocycles. The summed E-state index contributed by atoms with van der Waals surface area (Å²) in [4.78, 5) is 30.6. The molecular weight excluding hydrogens is 312 g/mol. The van der Waals surface area contributed by atoms with Crippen molar-refractivity contribution in [3.05, 3.63) is 24.3 Å². The average Bonchev–Trinajstić information content (AvgIpc) is 2.67. The first-order chi connectivity index (χ1) is 12.1. The first-order valence-corrected chi connectivity index (χ1v) is 9.70.